The third-order valence-corrected chi connectivity index (χ3v) is 5.77. The first-order chi connectivity index (χ1) is 8.62. The van der Waals surface area contributed by atoms with Crippen molar-refractivity contribution < 1.29 is 5.11 Å². The summed E-state index contributed by atoms with van der Waals surface area (Å²) in [6.07, 6.45) is 1.98. The molecular weight excluding hydrogens is 284 g/mol. The van der Waals surface area contributed by atoms with Crippen LogP contribution in [0.15, 0.2) is 39.0 Å². The average Bonchev–Trinajstić information content (AvgIpc) is 2.86. The van der Waals surface area contributed by atoms with E-state index in [2.05, 4.69) is 10.2 Å². The van der Waals surface area contributed by atoms with E-state index in [4.69, 9.17) is 0 Å². The minimum atomic E-state index is -0.850. The molecule has 1 aromatic heterocycles. The van der Waals surface area contributed by atoms with Gasteiger partial charge in [0.2, 0.25) is 0 Å². The summed E-state index contributed by atoms with van der Waals surface area (Å²) in [5.74, 6) is 0.569. The third kappa shape index (κ3) is 3.47. The highest BCUT2D eigenvalue weighted by molar-refractivity contribution is 8.03. The molecule has 0 fully saturated rings. The number of nitrogens with zero attached hydrogens (tertiary/aromatic N) is 2. The molecule has 2 rings (SSSR count). The van der Waals surface area contributed by atoms with Crippen molar-refractivity contribution in [3.8, 4) is 0 Å². The maximum absolute atomic E-state index is 10.4. The molecule has 0 saturated heterocycles. The monoisotopic (exact) mass is 298 g/mol. The van der Waals surface area contributed by atoms with Crippen molar-refractivity contribution in [2.24, 2.45) is 0 Å². The molecule has 1 unspecified atom stereocenters. The van der Waals surface area contributed by atoms with Crippen LogP contribution < -0.4 is 0 Å². The third-order valence-electron chi connectivity index (χ3n) is 2.43. The number of benzene rings is 1. The van der Waals surface area contributed by atoms with E-state index >= 15 is 0 Å². The van der Waals surface area contributed by atoms with Gasteiger partial charge in [-0.1, -0.05) is 65.2 Å². The van der Waals surface area contributed by atoms with E-state index in [1.807, 2.05) is 43.5 Å². The Morgan fingerprint density at radius 1 is 1.22 bits per heavy atom. The molecule has 2 aromatic rings. The van der Waals surface area contributed by atoms with E-state index in [0.717, 1.165) is 14.2 Å². The van der Waals surface area contributed by atoms with Crippen molar-refractivity contribution in [2.75, 3.05) is 12.0 Å². The van der Waals surface area contributed by atoms with Crippen LogP contribution in [0.3, 0.4) is 0 Å². The Labute approximate surface area is 119 Å². The van der Waals surface area contributed by atoms with Crippen molar-refractivity contribution in [3.05, 3.63) is 35.9 Å². The first kappa shape index (κ1) is 13.9. The lowest BCUT2D eigenvalue weighted by Gasteiger charge is -2.22. The van der Waals surface area contributed by atoms with Crippen LogP contribution in [0.25, 0.3) is 0 Å². The minimum Gasteiger partial charge on any atom is -0.385 e. The van der Waals surface area contributed by atoms with Gasteiger partial charge in [-0.15, -0.1) is 10.2 Å². The zero-order valence-electron chi connectivity index (χ0n) is 10.2. The van der Waals surface area contributed by atoms with E-state index in [1.54, 1.807) is 23.1 Å². The normalized spacial score (nSPS) is 14.4. The maximum Gasteiger partial charge on any atom is 0.175 e. The second-order valence-corrected chi connectivity index (χ2v) is 7.22. The highest BCUT2D eigenvalue weighted by Crippen LogP contribution is 2.32. The number of rotatable bonds is 5. The van der Waals surface area contributed by atoms with Gasteiger partial charge < -0.3 is 5.11 Å². The van der Waals surface area contributed by atoms with Crippen molar-refractivity contribution in [1.82, 2.24) is 10.2 Å². The lowest BCUT2D eigenvalue weighted by Crippen LogP contribution is -2.24. The standard InChI is InChI=1S/C12H14N2OS3/c1-12(15,9-6-4-3-5-7-9)8-17-11-14-13-10(16-2)18-11/h3-7,15H,8H2,1-2H3. The van der Waals surface area contributed by atoms with Crippen molar-refractivity contribution in [3.63, 3.8) is 0 Å². The lowest BCUT2D eigenvalue weighted by molar-refractivity contribution is 0.0839. The molecule has 3 nitrogen and oxygen atoms in total. The van der Waals surface area contributed by atoms with E-state index in [1.165, 1.54) is 11.8 Å². The first-order valence-electron chi connectivity index (χ1n) is 5.40. The summed E-state index contributed by atoms with van der Waals surface area (Å²) in [6.45, 7) is 1.83. The number of aromatic nitrogens is 2. The largest absolute Gasteiger partial charge is 0.385 e. The highest BCUT2D eigenvalue weighted by Gasteiger charge is 2.23. The van der Waals surface area contributed by atoms with Gasteiger partial charge in [0.05, 0.1) is 5.60 Å². The average molecular weight is 298 g/mol. The van der Waals surface area contributed by atoms with Gasteiger partial charge in [0.15, 0.2) is 8.68 Å². The molecule has 1 aromatic carbocycles. The molecular formula is C12H14N2OS3. The maximum atomic E-state index is 10.4. The predicted octanol–water partition coefficient (Wildman–Crippen LogP) is 3.26. The molecule has 1 N–H and O–H groups in total. The van der Waals surface area contributed by atoms with Crippen LogP contribution in [0.4, 0.5) is 0 Å². The molecule has 0 saturated carbocycles. The smallest absolute Gasteiger partial charge is 0.175 e. The molecule has 0 aliphatic heterocycles. The Bertz CT molecular complexity index is 499. The van der Waals surface area contributed by atoms with Crippen molar-refractivity contribution in [1.29, 1.82) is 0 Å². The molecule has 0 aliphatic rings. The quantitative estimate of drug-likeness (QED) is 0.859. The van der Waals surface area contributed by atoms with Crippen LogP contribution in [-0.2, 0) is 5.60 Å². The Morgan fingerprint density at radius 2 is 1.89 bits per heavy atom. The van der Waals surface area contributed by atoms with Gasteiger partial charge in [-0.3, -0.25) is 0 Å². The summed E-state index contributed by atoms with van der Waals surface area (Å²) >= 11 is 4.69. The van der Waals surface area contributed by atoms with Gasteiger partial charge in [-0.05, 0) is 18.7 Å². The minimum absolute atomic E-state index is 0.569. The summed E-state index contributed by atoms with van der Waals surface area (Å²) in [5.41, 5.74) is 0.0732. The SMILES string of the molecule is CSc1nnc(SCC(C)(O)c2ccccc2)s1. The summed E-state index contributed by atoms with van der Waals surface area (Å²) in [7, 11) is 0. The molecule has 96 valence electrons. The summed E-state index contributed by atoms with van der Waals surface area (Å²) in [5, 5.41) is 18.6. The molecule has 0 radical (unpaired) electrons. The van der Waals surface area contributed by atoms with Gasteiger partial charge in [-0.25, -0.2) is 0 Å². The Hall–Kier alpha value is -0.560. The zero-order chi connectivity index (χ0) is 13.0. The van der Waals surface area contributed by atoms with Crippen LogP contribution in [0.2, 0.25) is 0 Å². The van der Waals surface area contributed by atoms with Gasteiger partial charge in [0, 0.05) is 5.75 Å². The van der Waals surface area contributed by atoms with Crippen LogP contribution in [0.1, 0.15) is 12.5 Å². The van der Waals surface area contributed by atoms with Crippen LogP contribution >= 0.6 is 34.9 Å². The number of thioether (sulfide) groups is 2. The Kier molecular flexibility index (Phi) is 4.66. The van der Waals surface area contributed by atoms with Crippen LogP contribution in [-0.4, -0.2) is 27.3 Å². The Balaban J connectivity index is 2.00. The fourth-order valence-electron chi connectivity index (χ4n) is 1.42. The van der Waals surface area contributed by atoms with E-state index in [9.17, 15) is 5.11 Å². The van der Waals surface area contributed by atoms with E-state index in [-0.39, 0.29) is 0 Å². The zero-order valence-corrected chi connectivity index (χ0v) is 12.6. The van der Waals surface area contributed by atoms with Gasteiger partial charge in [0.25, 0.3) is 0 Å². The second kappa shape index (κ2) is 6.06. The molecule has 0 aliphatic carbocycles. The van der Waals surface area contributed by atoms with Gasteiger partial charge in [-0.2, -0.15) is 0 Å². The molecule has 0 amide bonds. The molecule has 6 heteroatoms. The number of hydrogen-bond acceptors (Lipinski definition) is 6. The van der Waals surface area contributed by atoms with Crippen LogP contribution in [0.5, 0.6) is 0 Å². The molecule has 1 atom stereocenters. The molecule has 0 bridgehead atoms. The highest BCUT2D eigenvalue weighted by atomic mass is 32.2. The van der Waals surface area contributed by atoms with Gasteiger partial charge in [0.1, 0.15) is 0 Å². The molecule has 18 heavy (non-hydrogen) atoms. The Morgan fingerprint density at radius 3 is 2.50 bits per heavy atom. The number of aliphatic hydroxyl groups is 1. The van der Waals surface area contributed by atoms with Crippen molar-refractivity contribution >= 4 is 34.9 Å². The lowest BCUT2D eigenvalue weighted by atomic mass is 9.99. The predicted molar refractivity (Wildman–Crippen MR) is 78.4 cm³/mol. The topological polar surface area (TPSA) is 46.0 Å². The second-order valence-electron chi connectivity index (χ2n) is 3.97. The summed E-state index contributed by atoms with van der Waals surface area (Å²) < 4.78 is 1.85. The molecule has 0 spiro atoms. The molecule has 1 heterocycles. The van der Waals surface area contributed by atoms with E-state index < -0.39 is 5.60 Å². The number of hydrogen-bond donors (Lipinski definition) is 1. The summed E-state index contributed by atoms with van der Waals surface area (Å²) in [4.78, 5) is 0. The summed E-state index contributed by atoms with van der Waals surface area (Å²) in [6, 6.07) is 9.70. The fraction of sp³-hybridized carbons (Fsp3) is 0.333. The van der Waals surface area contributed by atoms with E-state index in [0.29, 0.717) is 5.75 Å². The van der Waals surface area contributed by atoms with Gasteiger partial charge >= 0.3 is 0 Å². The van der Waals surface area contributed by atoms with Crippen molar-refractivity contribution in [2.45, 2.75) is 21.2 Å². The first-order valence-corrected chi connectivity index (χ1v) is 8.43. The van der Waals surface area contributed by atoms with Crippen LogP contribution in [0, 0.1) is 0 Å². The fourth-order valence-corrected chi connectivity index (χ4v) is 3.90.